The third kappa shape index (κ3) is 8.07. The Kier molecular flexibility index (Phi) is 8.86. The number of nitrogens with zero attached hydrogens (tertiary/aromatic N) is 7. The summed E-state index contributed by atoms with van der Waals surface area (Å²) in [6.45, 7) is 1.11. The van der Waals surface area contributed by atoms with Gasteiger partial charge in [0.1, 0.15) is 0 Å². The Bertz CT molecular complexity index is 1440. The third-order valence-electron chi connectivity index (χ3n) is 5.48. The summed E-state index contributed by atoms with van der Waals surface area (Å²) in [6, 6.07) is 8.91. The number of benzene rings is 1. The fraction of sp³-hybridized carbons (Fsp3) is 0.292. The first-order valence-corrected chi connectivity index (χ1v) is 12.2. The number of aromatic nitrogens is 7. The summed E-state index contributed by atoms with van der Waals surface area (Å²) in [5, 5.41) is 21.4. The molecule has 0 aliphatic rings. The van der Waals surface area contributed by atoms with E-state index in [9.17, 15) is 22.8 Å². The highest BCUT2D eigenvalue weighted by molar-refractivity contribution is 6.30. The number of rotatable bonds is 11. The topological polar surface area (TPSA) is 133 Å². The van der Waals surface area contributed by atoms with Crippen LogP contribution in [0.15, 0.2) is 55.0 Å². The van der Waals surface area contributed by atoms with Crippen LogP contribution in [0.25, 0.3) is 0 Å². The molecule has 0 aliphatic heterocycles. The molecule has 0 saturated heterocycles. The molecule has 204 valence electrons. The van der Waals surface area contributed by atoms with E-state index in [4.69, 9.17) is 11.6 Å². The lowest BCUT2D eigenvalue weighted by atomic mass is 10.2. The molecule has 0 saturated carbocycles. The van der Waals surface area contributed by atoms with Crippen LogP contribution in [0, 0.1) is 0 Å². The van der Waals surface area contributed by atoms with Gasteiger partial charge in [0.2, 0.25) is 0 Å². The van der Waals surface area contributed by atoms with E-state index >= 15 is 0 Å². The number of carbonyl (C=O) groups excluding carboxylic acids is 2. The number of hydrogen-bond acceptors (Lipinski definition) is 7. The lowest BCUT2D eigenvalue weighted by Crippen LogP contribution is -2.24. The largest absolute Gasteiger partial charge is 0.416 e. The maximum Gasteiger partial charge on any atom is 0.416 e. The Morgan fingerprint density at radius 2 is 1.49 bits per heavy atom. The van der Waals surface area contributed by atoms with Crippen LogP contribution >= 0.6 is 11.6 Å². The average Bonchev–Trinajstić information content (AvgIpc) is 3.58. The third-order valence-corrected chi connectivity index (χ3v) is 5.72. The summed E-state index contributed by atoms with van der Waals surface area (Å²) in [5.74, 6) is -0.928. The smallest absolute Gasteiger partial charge is 0.347 e. The zero-order valence-electron chi connectivity index (χ0n) is 20.4. The fourth-order valence-electron chi connectivity index (χ4n) is 3.50. The van der Waals surface area contributed by atoms with Gasteiger partial charge in [0.25, 0.3) is 11.8 Å². The first-order chi connectivity index (χ1) is 18.7. The van der Waals surface area contributed by atoms with E-state index in [1.54, 1.807) is 29.1 Å². The minimum Gasteiger partial charge on any atom is -0.347 e. The van der Waals surface area contributed by atoms with Crippen molar-refractivity contribution in [2.45, 2.75) is 45.2 Å². The van der Waals surface area contributed by atoms with Crippen molar-refractivity contribution in [3.05, 3.63) is 88.2 Å². The molecule has 0 radical (unpaired) electrons. The molecule has 0 unspecified atom stereocenters. The second kappa shape index (κ2) is 12.5. The van der Waals surface area contributed by atoms with Gasteiger partial charge in [-0.15, -0.1) is 10.2 Å². The summed E-state index contributed by atoms with van der Waals surface area (Å²) < 4.78 is 41.5. The van der Waals surface area contributed by atoms with E-state index in [1.807, 2.05) is 6.07 Å². The average molecular weight is 562 g/mol. The van der Waals surface area contributed by atoms with Crippen molar-refractivity contribution in [1.29, 1.82) is 0 Å². The molecule has 2 N–H and O–H groups in total. The summed E-state index contributed by atoms with van der Waals surface area (Å²) in [5.41, 5.74) is 0.327. The molecule has 0 atom stereocenters. The number of aryl methyl sites for hydroxylation is 2. The number of hydrogen-bond donors (Lipinski definition) is 2. The molecule has 3 aromatic heterocycles. The molecular formula is C24H23ClF3N9O2. The first-order valence-electron chi connectivity index (χ1n) is 11.8. The van der Waals surface area contributed by atoms with Gasteiger partial charge in [-0.2, -0.15) is 13.2 Å². The van der Waals surface area contributed by atoms with Crippen molar-refractivity contribution >= 4 is 23.4 Å². The van der Waals surface area contributed by atoms with Crippen LogP contribution in [0.3, 0.4) is 0 Å². The van der Waals surface area contributed by atoms with E-state index in [0.717, 1.165) is 23.9 Å². The fourth-order valence-corrected chi connectivity index (χ4v) is 3.72. The molecule has 1 aromatic carbocycles. The molecule has 0 fully saturated rings. The van der Waals surface area contributed by atoms with E-state index in [-0.39, 0.29) is 29.5 Å². The van der Waals surface area contributed by atoms with Gasteiger partial charge in [0, 0.05) is 30.9 Å². The Balaban J connectivity index is 1.17. The number of amides is 2. The quantitative estimate of drug-likeness (QED) is 0.269. The van der Waals surface area contributed by atoms with E-state index in [0.29, 0.717) is 37.5 Å². The van der Waals surface area contributed by atoms with Crippen molar-refractivity contribution in [1.82, 2.24) is 45.6 Å². The molecule has 11 nitrogen and oxygen atoms in total. The molecule has 2 amide bonds. The van der Waals surface area contributed by atoms with Crippen molar-refractivity contribution in [2.24, 2.45) is 0 Å². The highest BCUT2D eigenvalue weighted by atomic mass is 35.5. The molecule has 39 heavy (non-hydrogen) atoms. The van der Waals surface area contributed by atoms with Crippen LogP contribution in [0.5, 0.6) is 0 Å². The Morgan fingerprint density at radius 3 is 2.08 bits per heavy atom. The van der Waals surface area contributed by atoms with Crippen LogP contribution in [0.4, 0.5) is 13.2 Å². The summed E-state index contributed by atoms with van der Waals surface area (Å²) in [4.78, 5) is 28.4. The maximum absolute atomic E-state index is 12.8. The molecule has 0 bridgehead atoms. The van der Waals surface area contributed by atoms with Gasteiger partial charge >= 0.3 is 6.18 Å². The maximum atomic E-state index is 12.8. The van der Waals surface area contributed by atoms with Crippen molar-refractivity contribution in [3.63, 3.8) is 0 Å². The monoisotopic (exact) mass is 561 g/mol. The van der Waals surface area contributed by atoms with Gasteiger partial charge in [0.15, 0.2) is 11.4 Å². The molecule has 15 heteroatoms. The van der Waals surface area contributed by atoms with E-state index in [1.165, 1.54) is 10.9 Å². The number of alkyl halides is 3. The van der Waals surface area contributed by atoms with Crippen LogP contribution in [-0.4, -0.2) is 46.8 Å². The van der Waals surface area contributed by atoms with Gasteiger partial charge < -0.3 is 10.6 Å². The zero-order valence-corrected chi connectivity index (χ0v) is 21.2. The predicted molar refractivity (Wildman–Crippen MR) is 132 cm³/mol. The number of halogens is 4. The second-order valence-corrected chi connectivity index (χ2v) is 8.91. The van der Waals surface area contributed by atoms with Crippen LogP contribution in [0.2, 0.25) is 5.02 Å². The van der Waals surface area contributed by atoms with Crippen LogP contribution in [0.1, 0.15) is 50.6 Å². The number of carbonyl (C=O) groups is 2. The number of unbranched alkanes of at least 4 members (excludes halogenated alkanes) is 1. The molecule has 0 spiro atoms. The summed E-state index contributed by atoms with van der Waals surface area (Å²) in [7, 11) is 0. The first kappa shape index (κ1) is 27.7. The van der Waals surface area contributed by atoms with E-state index < -0.39 is 17.6 Å². The lowest BCUT2D eigenvalue weighted by Gasteiger charge is -2.08. The summed E-state index contributed by atoms with van der Waals surface area (Å²) >= 11 is 5.95. The van der Waals surface area contributed by atoms with Crippen LogP contribution < -0.4 is 10.6 Å². The molecule has 0 aliphatic carbocycles. The van der Waals surface area contributed by atoms with Crippen molar-refractivity contribution in [2.75, 3.05) is 0 Å². The Morgan fingerprint density at radius 1 is 0.872 bits per heavy atom. The SMILES string of the molecule is O=C(NCc1cccc(Cl)c1)c1cn(CCCCn2cc(C(=O)NCc3cc(C(F)(F)F)ccn3)nn2)nn1. The minimum absolute atomic E-state index is 0.0340. The lowest BCUT2D eigenvalue weighted by molar-refractivity contribution is -0.137. The predicted octanol–water partition coefficient (Wildman–Crippen LogP) is 3.28. The summed E-state index contributed by atoms with van der Waals surface area (Å²) in [6.07, 6.45) is 0.924. The van der Waals surface area contributed by atoms with E-state index in [2.05, 4.69) is 36.2 Å². The van der Waals surface area contributed by atoms with Crippen molar-refractivity contribution < 1.29 is 22.8 Å². The van der Waals surface area contributed by atoms with Gasteiger partial charge in [-0.3, -0.25) is 23.9 Å². The molecule has 4 aromatic rings. The minimum atomic E-state index is -4.49. The molecule has 4 rings (SSSR count). The zero-order chi connectivity index (χ0) is 27.8. The Hall–Kier alpha value is -4.33. The second-order valence-electron chi connectivity index (χ2n) is 8.47. The van der Waals surface area contributed by atoms with Gasteiger partial charge in [-0.1, -0.05) is 34.2 Å². The van der Waals surface area contributed by atoms with Crippen LogP contribution in [-0.2, 0) is 32.4 Å². The molecular weight excluding hydrogens is 539 g/mol. The van der Waals surface area contributed by atoms with Gasteiger partial charge in [-0.25, -0.2) is 0 Å². The Labute approximate surface area is 225 Å². The van der Waals surface area contributed by atoms with Gasteiger partial charge in [0.05, 0.1) is 30.2 Å². The standard InChI is InChI=1S/C24H23ClF3N9O2/c25-18-5-3-4-16(10-18)12-30-22(38)20-14-36(34-32-20)8-1-2-9-37-15-21(33-35-37)23(39)31-13-19-11-17(6-7-29-19)24(26,27)28/h3-7,10-11,14-15H,1-2,8-9,12-13H2,(H,30,38)(H,31,39). The number of nitrogens with one attached hydrogen (secondary N) is 2. The van der Waals surface area contributed by atoms with Crippen molar-refractivity contribution in [3.8, 4) is 0 Å². The highest BCUT2D eigenvalue weighted by Gasteiger charge is 2.30. The molecule has 3 heterocycles. The van der Waals surface area contributed by atoms with Gasteiger partial charge in [-0.05, 0) is 42.7 Å². The normalized spacial score (nSPS) is 11.4. The number of pyridine rings is 1. The highest BCUT2D eigenvalue weighted by Crippen LogP contribution is 2.28.